The molecule has 22 heavy (non-hydrogen) atoms. The van der Waals surface area contributed by atoms with Crippen LogP contribution in [-0.4, -0.2) is 39.6 Å². The quantitative estimate of drug-likeness (QED) is 0.781. The van der Waals surface area contributed by atoms with E-state index in [4.69, 9.17) is 0 Å². The van der Waals surface area contributed by atoms with E-state index >= 15 is 0 Å². The van der Waals surface area contributed by atoms with E-state index in [1.165, 1.54) is 0 Å². The van der Waals surface area contributed by atoms with Crippen LogP contribution in [0.15, 0.2) is 43.0 Å². The lowest BCUT2D eigenvalue weighted by atomic mass is 10.1. The largest absolute Gasteiger partial charge is 0.355 e. The molecule has 1 amide bonds. The van der Waals surface area contributed by atoms with Gasteiger partial charge < -0.3 is 10.2 Å². The number of anilines is 1. The van der Waals surface area contributed by atoms with Crippen molar-refractivity contribution in [2.45, 2.75) is 6.54 Å². The minimum absolute atomic E-state index is 0.0881. The highest BCUT2D eigenvalue weighted by Gasteiger charge is 2.11. The molecular weight excluding hydrogens is 280 g/mol. The van der Waals surface area contributed by atoms with Crippen LogP contribution in [0.25, 0.3) is 5.65 Å². The standard InChI is InChI=1S/C15H16N6O/c1-16-15(22)12-5-3-11(4-6-12)9-20(2)13-14-19-18-10-21(14)8-7-17-13/h3-8,10H,9H2,1-2H3,(H,16,22). The van der Waals surface area contributed by atoms with Gasteiger partial charge in [-0.3, -0.25) is 9.20 Å². The van der Waals surface area contributed by atoms with Crippen LogP contribution >= 0.6 is 0 Å². The Bertz CT molecular complexity index is 795. The Morgan fingerprint density at radius 2 is 2.09 bits per heavy atom. The van der Waals surface area contributed by atoms with Crippen LogP contribution in [-0.2, 0) is 6.54 Å². The van der Waals surface area contributed by atoms with E-state index in [1.54, 1.807) is 19.6 Å². The highest BCUT2D eigenvalue weighted by molar-refractivity contribution is 5.93. The molecule has 112 valence electrons. The number of hydrogen-bond acceptors (Lipinski definition) is 5. The summed E-state index contributed by atoms with van der Waals surface area (Å²) in [6.07, 6.45) is 5.17. The number of nitrogens with one attached hydrogen (secondary N) is 1. The fourth-order valence-electron chi connectivity index (χ4n) is 2.27. The summed E-state index contributed by atoms with van der Waals surface area (Å²) in [4.78, 5) is 17.9. The Morgan fingerprint density at radius 1 is 1.32 bits per heavy atom. The summed E-state index contributed by atoms with van der Waals surface area (Å²) in [5.41, 5.74) is 2.44. The van der Waals surface area contributed by atoms with Gasteiger partial charge in [-0.05, 0) is 17.7 Å². The summed E-state index contributed by atoms with van der Waals surface area (Å²) in [6, 6.07) is 7.50. The molecule has 7 nitrogen and oxygen atoms in total. The molecule has 0 saturated heterocycles. The molecule has 0 aliphatic rings. The number of benzene rings is 1. The minimum atomic E-state index is -0.0881. The van der Waals surface area contributed by atoms with Crippen LogP contribution in [0.5, 0.6) is 0 Å². The third kappa shape index (κ3) is 2.60. The SMILES string of the molecule is CNC(=O)c1ccc(CN(C)c2nccn3cnnc23)cc1. The van der Waals surface area contributed by atoms with Crippen molar-refractivity contribution in [2.24, 2.45) is 0 Å². The van der Waals surface area contributed by atoms with Crippen molar-refractivity contribution in [1.82, 2.24) is 24.9 Å². The van der Waals surface area contributed by atoms with E-state index in [0.717, 1.165) is 11.4 Å². The third-order valence-electron chi connectivity index (χ3n) is 3.42. The molecule has 3 rings (SSSR count). The van der Waals surface area contributed by atoms with Gasteiger partial charge in [-0.1, -0.05) is 12.1 Å². The molecule has 0 spiro atoms. The summed E-state index contributed by atoms with van der Waals surface area (Å²) in [5, 5.41) is 10.6. The molecule has 0 fully saturated rings. The number of fused-ring (bicyclic) bond motifs is 1. The molecule has 2 aromatic heterocycles. The highest BCUT2D eigenvalue weighted by Crippen LogP contribution is 2.17. The van der Waals surface area contributed by atoms with Crippen molar-refractivity contribution in [3.8, 4) is 0 Å². The molecule has 0 radical (unpaired) electrons. The van der Waals surface area contributed by atoms with Crippen molar-refractivity contribution in [3.63, 3.8) is 0 Å². The molecule has 3 aromatic rings. The highest BCUT2D eigenvalue weighted by atomic mass is 16.1. The van der Waals surface area contributed by atoms with Crippen LogP contribution in [0.4, 0.5) is 5.82 Å². The predicted octanol–water partition coefficient (Wildman–Crippen LogP) is 1.12. The lowest BCUT2D eigenvalue weighted by molar-refractivity contribution is 0.0963. The monoisotopic (exact) mass is 296 g/mol. The van der Waals surface area contributed by atoms with Crippen LogP contribution in [0.3, 0.4) is 0 Å². The lowest BCUT2D eigenvalue weighted by Crippen LogP contribution is -2.20. The van der Waals surface area contributed by atoms with Crippen LogP contribution in [0, 0.1) is 0 Å². The van der Waals surface area contributed by atoms with Crippen molar-refractivity contribution in [2.75, 3.05) is 19.0 Å². The van der Waals surface area contributed by atoms with E-state index in [2.05, 4.69) is 20.5 Å². The molecule has 1 N–H and O–H groups in total. The van der Waals surface area contributed by atoms with Gasteiger partial charge in [0.05, 0.1) is 0 Å². The Kier molecular flexibility index (Phi) is 3.69. The second-order valence-electron chi connectivity index (χ2n) is 4.94. The summed E-state index contributed by atoms with van der Waals surface area (Å²) < 4.78 is 1.83. The molecule has 1 aromatic carbocycles. The van der Waals surface area contributed by atoms with Crippen LogP contribution < -0.4 is 10.2 Å². The first-order chi connectivity index (χ1) is 10.7. The van der Waals surface area contributed by atoms with Gasteiger partial charge in [-0.25, -0.2) is 4.98 Å². The number of rotatable bonds is 4. The summed E-state index contributed by atoms with van der Waals surface area (Å²) in [7, 11) is 3.57. The molecule has 2 heterocycles. The second kappa shape index (κ2) is 5.80. The number of nitrogens with zero attached hydrogens (tertiary/aromatic N) is 5. The normalized spacial score (nSPS) is 10.6. The summed E-state index contributed by atoms with van der Waals surface area (Å²) >= 11 is 0. The Hall–Kier alpha value is -2.96. The van der Waals surface area contributed by atoms with Crippen molar-refractivity contribution in [1.29, 1.82) is 0 Å². The van der Waals surface area contributed by atoms with Gasteiger partial charge in [-0.15, -0.1) is 10.2 Å². The topological polar surface area (TPSA) is 75.4 Å². The fraction of sp³-hybridized carbons (Fsp3) is 0.200. The Morgan fingerprint density at radius 3 is 2.82 bits per heavy atom. The van der Waals surface area contributed by atoms with E-state index in [-0.39, 0.29) is 5.91 Å². The van der Waals surface area contributed by atoms with Crippen molar-refractivity contribution < 1.29 is 4.79 Å². The number of amides is 1. The number of carbonyl (C=O) groups is 1. The maximum Gasteiger partial charge on any atom is 0.251 e. The number of hydrogen-bond donors (Lipinski definition) is 1. The zero-order valence-electron chi connectivity index (χ0n) is 12.4. The van der Waals surface area contributed by atoms with Gasteiger partial charge in [-0.2, -0.15) is 0 Å². The summed E-state index contributed by atoms with van der Waals surface area (Å²) in [5.74, 6) is 0.671. The maximum atomic E-state index is 11.5. The van der Waals surface area contributed by atoms with E-state index in [1.807, 2.05) is 46.8 Å². The van der Waals surface area contributed by atoms with E-state index in [0.29, 0.717) is 17.8 Å². The number of carbonyl (C=O) groups excluding carboxylic acids is 1. The second-order valence-corrected chi connectivity index (χ2v) is 4.94. The minimum Gasteiger partial charge on any atom is -0.355 e. The molecule has 0 aliphatic heterocycles. The smallest absolute Gasteiger partial charge is 0.251 e. The average molecular weight is 296 g/mol. The van der Waals surface area contributed by atoms with Crippen LogP contribution in [0.2, 0.25) is 0 Å². The maximum absolute atomic E-state index is 11.5. The fourth-order valence-corrected chi connectivity index (χ4v) is 2.27. The molecule has 0 unspecified atom stereocenters. The average Bonchev–Trinajstić information content (AvgIpc) is 3.03. The molecule has 0 bridgehead atoms. The molecule has 0 saturated carbocycles. The molecule has 0 aliphatic carbocycles. The van der Waals surface area contributed by atoms with Crippen LogP contribution in [0.1, 0.15) is 15.9 Å². The van der Waals surface area contributed by atoms with Gasteiger partial charge >= 0.3 is 0 Å². The predicted molar refractivity (Wildman–Crippen MR) is 82.7 cm³/mol. The first-order valence-electron chi connectivity index (χ1n) is 6.85. The zero-order chi connectivity index (χ0) is 15.5. The van der Waals surface area contributed by atoms with Crippen molar-refractivity contribution >= 4 is 17.4 Å². The van der Waals surface area contributed by atoms with E-state index in [9.17, 15) is 4.79 Å². The van der Waals surface area contributed by atoms with Gasteiger partial charge in [0.25, 0.3) is 5.91 Å². The zero-order valence-corrected chi connectivity index (χ0v) is 12.4. The lowest BCUT2D eigenvalue weighted by Gasteiger charge is -2.18. The molecule has 0 atom stereocenters. The molecule has 7 heteroatoms. The summed E-state index contributed by atoms with van der Waals surface area (Å²) in [6.45, 7) is 0.660. The Labute approximate surface area is 127 Å². The van der Waals surface area contributed by atoms with Gasteiger partial charge in [0, 0.05) is 38.6 Å². The van der Waals surface area contributed by atoms with Gasteiger partial charge in [0.1, 0.15) is 6.33 Å². The van der Waals surface area contributed by atoms with Gasteiger partial charge in [0.15, 0.2) is 5.82 Å². The van der Waals surface area contributed by atoms with Gasteiger partial charge in [0.2, 0.25) is 5.65 Å². The first-order valence-corrected chi connectivity index (χ1v) is 6.85. The third-order valence-corrected chi connectivity index (χ3v) is 3.42. The first kappa shape index (κ1) is 14.0. The number of aromatic nitrogens is 4. The van der Waals surface area contributed by atoms with E-state index < -0.39 is 0 Å². The Balaban J connectivity index is 1.80. The van der Waals surface area contributed by atoms with Crippen molar-refractivity contribution in [3.05, 3.63) is 54.1 Å². The molecular formula is C15H16N6O.